The number of anilines is 1. The van der Waals surface area contributed by atoms with Gasteiger partial charge in [0.05, 0.1) is 31.9 Å². The lowest BCUT2D eigenvalue weighted by Crippen LogP contribution is -2.63. The second-order valence-corrected chi connectivity index (χ2v) is 15.2. The van der Waals surface area contributed by atoms with Gasteiger partial charge < -0.3 is 43.2 Å². The first-order chi connectivity index (χ1) is 24.7. The SMILES string of the molecule is COc1cc2cc(c1Cl)N(C)C(=O)C[C@H](OC(=O)C(COCCCSC)OC)[C@]1(C)O[C@H]1C[C@H](C)[C@@H]1C[C@@](O)(NC(=O)O1)[C@H](OC)/C=C/C=C(\C)C2. The second kappa shape index (κ2) is 18.5. The third kappa shape index (κ3) is 10.2. The maximum atomic E-state index is 14.1. The van der Waals surface area contributed by atoms with Crippen molar-refractivity contribution in [3.8, 4) is 5.75 Å². The molecule has 4 bridgehead atoms. The molecule has 3 aliphatic heterocycles. The summed E-state index contributed by atoms with van der Waals surface area (Å²) in [5.74, 6) is -0.0582. The van der Waals surface area contributed by atoms with Crippen molar-refractivity contribution in [3.05, 3.63) is 46.5 Å². The summed E-state index contributed by atoms with van der Waals surface area (Å²) < 4.78 is 40.3. The zero-order valence-corrected chi connectivity index (χ0v) is 32.8. The van der Waals surface area contributed by atoms with E-state index >= 15 is 0 Å². The molecule has 1 unspecified atom stereocenters. The number of carbonyl (C=O) groups excluding carboxylic acids is 3. The van der Waals surface area contributed by atoms with Crippen LogP contribution in [0.2, 0.25) is 5.02 Å². The van der Waals surface area contributed by atoms with Gasteiger partial charge in [0.1, 0.15) is 34.7 Å². The zero-order valence-electron chi connectivity index (χ0n) is 31.3. The minimum absolute atomic E-state index is 0.0139. The lowest BCUT2D eigenvalue weighted by atomic mass is 9.85. The first-order valence-corrected chi connectivity index (χ1v) is 19.1. The number of epoxide rings is 1. The summed E-state index contributed by atoms with van der Waals surface area (Å²) in [5, 5.41) is 14.5. The van der Waals surface area contributed by atoms with E-state index in [-0.39, 0.29) is 36.3 Å². The van der Waals surface area contributed by atoms with Crippen LogP contribution in [-0.2, 0) is 44.4 Å². The molecule has 2 amide bonds. The van der Waals surface area contributed by atoms with Crippen LogP contribution >= 0.6 is 23.4 Å². The predicted octanol–water partition coefficient (Wildman–Crippen LogP) is 4.84. The molecule has 1 aromatic carbocycles. The Morgan fingerprint density at radius 3 is 2.67 bits per heavy atom. The van der Waals surface area contributed by atoms with E-state index in [1.54, 1.807) is 44.0 Å². The number of hydrogen-bond acceptors (Lipinski definition) is 12. The standard InChI is InChI=1S/C37H53ClN2O11S/c1-22-11-9-12-29(47-7)37(44)20-27(49-35(43)39-37)23(2)16-31-36(3,51-31)30(50-34(42)28(46-6)21-48-13-10-14-52-8)19-32(41)40(4)25-17-24(15-22)18-26(45-5)33(25)38/h9,11-12,17-18,23,27-31,44H,10,13-16,19-21H2,1-8H3,(H,39,43)/b12-9+,22-11+/t23-,27-,28?,29+,30-,31-,36-,37-/m0/s1. The molecular formula is C37H53ClN2O11S. The molecule has 0 radical (unpaired) electrons. The molecule has 52 heavy (non-hydrogen) atoms. The fraction of sp³-hybridized carbons (Fsp3) is 0.649. The molecule has 2 fully saturated rings. The lowest BCUT2D eigenvalue weighted by Gasteiger charge is -2.42. The normalized spacial score (nSPS) is 31.9. The predicted molar refractivity (Wildman–Crippen MR) is 198 cm³/mol. The highest BCUT2D eigenvalue weighted by Crippen LogP contribution is 2.47. The minimum atomic E-state index is -1.75. The molecule has 4 rings (SSSR count). The summed E-state index contributed by atoms with van der Waals surface area (Å²) in [7, 11) is 5.96. The van der Waals surface area contributed by atoms with Crippen LogP contribution in [0.5, 0.6) is 5.75 Å². The molecule has 2 saturated heterocycles. The number of hydrogen-bond donors (Lipinski definition) is 2. The Kier molecular flexibility index (Phi) is 14.9. The number of thioether (sulfide) groups is 1. The zero-order chi connectivity index (χ0) is 38.2. The number of aliphatic hydroxyl groups is 1. The van der Waals surface area contributed by atoms with E-state index < -0.39 is 53.9 Å². The van der Waals surface area contributed by atoms with Crippen LogP contribution in [-0.4, -0.2) is 119 Å². The Hall–Kier alpha value is -2.85. The van der Waals surface area contributed by atoms with Gasteiger partial charge in [-0.05, 0) is 68.7 Å². The van der Waals surface area contributed by atoms with E-state index in [9.17, 15) is 19.5 Å². The van der Waals surface area contributed by atoms with Crippen LogP contribution in [0.3, 0.4) is 0 Å². The van der Waals surface area contributed by atoms with E-state index in [1.807, 2.05) is 32.2 Å². The van der Waals surface area contributed by atoms with Crippen LogP contribution in [0.4, 0.5) is 10.5 Å². The van der Waals surface area contributed by atoms with Crippen LogP contribution < -0.4 is 15.0 Å². The van der Waals surface area contributed by atoms with Crippen molar-refractivity contribution < 1.29 is 52.6 Å². The Balaban J connectivity index is 1.70. The number of benzene rings is 1. The minimum Gasteiger partial charge on any atom is -0.495 e. The summed E-state index contributed by atoms with van der Waals surface area (Å²) in [6.45, 7) is 6.05. The quantitative estimate of drug-likeness (QED) is 0.180. The fourth-order valence-corrected chi connectivity index (χ4v) is 7.30. The summed E-state index contributed by atoms with van der Waals surface area (Å²) in [4.78, 5) is 41.8. The van der Waals surface area contributed by atoms with Gasteiger partial charge in [-0.2, -0.15) is 11.8 Å². The number of fused-ring (bicyclic) bond motifs is 5. The van der Waals surface area contributed by atoms with Crippen molar-refractivity contribution in [2.45, 2.75) is 94.7 Å². The highest BCUT2D eigenvalue weighted by Gasteiger charge is 2.61. The van der Waals surface area contributed by atoms with Gasteiger partial charge in [-0.15, -0.1) is 0 Å². The van der Waals surface area contributed by atoms with Gasteiger partial charge in [0, 0.05) is 34.3 Å². The van der Waals surface area contributed by atoms with Crippen LogP contribution in [0.15, 0.2) is 35.9 Å². The van der Waals surface area contributed by atoms with Crippen LogP contribution in [0, 0.1) is 5.92 Å². The third-order valence-corrected chi connectivity index (χ3v) is 11.0. The third-order valence-electron chi connectivity index (χ3n) is 9.91. The number of alkyl carbamates (subject to hydrolysis) is 1. The van der Waals surface area contributed by atoms with E-state index in [2.05, 4.69) is 5.32 Å². The highest BCUT2D eigenvalue weighted by atomic mass is 35.5. The molecule has 3 aliphatic rings. The van der Waals surface area contributed by atoms with Crippen LogP contribution in [0.25, 0.3) is 0 Å². The molecule has 13 nitrogen and oxygen atoms in total. The first kappa shape index (κ1) is 41.9. The van der Waals surface area contributed by atoms with Crippen molar-refractivity contribution in [1.29, 1.82) is 0 Å². The topological polar surface area (TPSA) is 155 Å². The number of esters is 1. The van der Waals surface area contributed by atoms with Crippen molar-refractivity contribution in [3.63, 3.8) is 0 Å². The second-order valence-electron chi connectivity index (χ2n) is 13.8. The Morgan fingerprint density at radius 2 is 2.00 bits per heavy atom. The lowest BCUT2D eigenvalue weighted by molar-refractivity contribution is -0.168. The van der Waals surface area contributed by atoms with E-state index in [4.69, 9.17) is 44.8 Å². The first-order valence-electron chi connectivity index (χ1n) is 17.4. The molecular weight excluding hydrogens is 716 g/mol. The summed E-state index contributed by atoms with van der Waals surface area (Å²) in [6.07, 6.45) is 3.90. The number of allylic oxidation sites excluding steroid dienone is 3. The number of amides is 2. The van der Waals surface area contributed by atoms with Gasteiger partial charge in [-0.3, -0.25) is 10.1 Å². The fourth-order valence-electron chi connectivity index (χ4n) is 6.58. The van der Waals surface area contributed by atoms with Crippen molar-refractivity contribution in [2.24, 2.45) is 5.92 Å². The van der Waals surface area contributed by atoms with E-state index in [1.165, 1.54) is 26.2 Å². The molecule has 290 valence electrons. The molecule has 8 atom stereocenters. The largest absolute Gasteiger partial charge is 0.495 e. The number of methoxy groups -OCH3 is 3. The summed E-state index contributed by atoms with van der Waals surface area (Å²) >= 11 is 8.46. The monoisotopic (exact) mass is 768 g/mol. The molecule has 15 heteroatoms. The molecule has 3 heterocycles. The van der Waals surface area contributed by atoms with Gasteiger partial charge in [0.15, 0.2) is 11.8 Å². The molecule has 0 spiro atoms. The number of halogens is 1. The van der Waals surface area contributed by atoms with Crippen LogP contribution in [0.1, 0.15) is 52.0 Å². The maximum absolute atomic E-state index is 14.1. The molecule has 2 N–H and O–H groups in total. The molecule has 0 aliphatic carbocycles. The average Bonchev–Trinajstić information content (AvgIpc) is 3.76. The van der Waals surface area contributed by atoms with Gasteiger partial charge >= 0.3 is 12.1 Å². The maximum Gasteiger partial charge on any atom is 0.409 e. The van der Waals surface area contributed by atoms with E-state index in [0.29, 0.717) is 30.9 Å². The molecule has 0 aromatic heterocycles. The Morgan fingerprint density at radius 1 is 1.25 bits per heavy atom. The summed E-state index contributed by atoms with van der Waals surface area (Å²) in [6, 6.07) is 3.62. The Bertz CT molecular complexity index is 1490. The van der Waals surface area contributed by atoms with Gasteiger partial charge in [0.2, 0.25) is 5.91 Å². The number of rotatable bonds is 11. The smallest absolute Gasteiger partial charge is 0.409 e. The van der Waals surface area contributed by atoms with E-state index in [0.717, 1.165) is 23.3 Å². The number of carbonyl (C=O) groups is 3. The average molecular weight is 769 g/mol. The van der Waals surface area contributed by atoms with Gasteiger partial charge in [0.25, 0.3) is 0 Å². The summed E-state index contributed by atoms with van der Waals surface area (Å²) in [5.41, 5.74) is -0.641. The number of nitrogens with zero attached hydrogens (tertiary/aromatic N) is 1. The van der Waals surface area contributed by atoms with Crippen molar-refractivity contribution in [2.75, 3.05) is 58.5 Å². The Labute approximate surface area is 315 Å². The molecule has 1 aromatic rings. The highest BCUT2D eigenvalue weighted by molar-refractivity contribution is 7.98. The van der Waals surface area contributed by atoms with Gasteiger partial charge in [-0.25, -0.2) is 9.59 Å². The van der Waals surface area contributed by atoms with Crippen molar-refractivity contribution >= 4 is 47.0 Å². The number of ether oxygens (including phenoxy) is 7. The number of nitrogens with one attached hydrogen (secondary N) is 1. The molecule has 0 saturated carbocycles. The van der Waals surface area contributed by atoms with Gasteiger partial charge in [-0.1, -0.05) is 42.3 Å². The van der Waals surface area contributed by atoms with Crippen molar-refractivity contribution in [1.82, 2.24) is 5.32 Å².